The highest BCUT2D eigenvalue weighted by molar-refractivity contribution is 4.74. The Morgan fingerprint density at radius 3 is 2.81 bits per heavy atom. The molecule has 0 aromatic heterocycles. The van der Waals surface area contributed by atoms with E-state index in [1.54, 1.807) is 0 Å². The first kappa shape index (κ1) is 12.3. The minimum Gasteiger partial charge on any atom is -0.378 e. The van der Waals surface area contributed by atoms with Gasteiger partial charge in [-0.2, -0.15) is 0 Å². The van der Waals surface area contributed by atoms with Gasteiger partial charge in [-0.25, -0.2) is 0 Å². The molecule has 2 unspecified atom stereocenters. The van der Waals surface area contributed by atoms with Gasteiger partial charge in [0.25, 0.3) is 0 Å². The van der Waals surface area contributed by atoms with Crippen molar-refractivity contribution in [3.8, 4) is 0 Å². The van der Waals surface area contributed by atoms with Gasteiger partial charge in [0.1, 0.15) is 0 Å². The molecule has 3 heteroatoms. The summed E-state index contributed by atoms with van der Waals surface area (Å²) in [6.07, 6.45) is 9.69. The number of hydrogen-bond donors (Lipinski definition) is 2. The van der Waals surface area contributed by atoms with Crippen molar-refractivity contribution < 1.29 is 4.74 Å². The largest absolute Gasteiger partial charge is 0.378 e. The van der Waals surface area contributed by atoms with Crippen molar-refractivity contribution in [1.29, 1.82) is 0 Å². The summed E-state index contributed by atoms with van der Waals surface area (Å²) in [5.41, 5.74) is 0. The van der Waals surface area contributed by atoms with Gasteiger partial charge in [-0.15, -0.1) is 0 Å². The Balaban J connectivity index is 1.47. The topological polar surface area (TPSA) is 33.3 Å². The molecule has 0 aliphatic carbocycles. The van der Waals surface area contributed by atoms with Crippen LogP contribution in [0.1, 0.15) is 44.9 Å². The van der Waals surface area contributed by atoms with Crippen LogP contribution in [-0.4, -0.2) is 38.4 Å². The molecule has 0 radical (unpaired) electrons. The van der Waals surface area contributed by atoms with Crippen LogP contribution in [0.3, 0.4) is 0 Å². The first-order chi connectivity index (χ1) is 7.95. The molecule has 2 aliphatic heterocycles. The standard InChI is InChI=1S/C13H26N2O/c1-3-8-15-12(5-1)11-14-9-7-13-6-2-4-10-16-13/h12-15H,1-11H2. The summed E-state index contributed by atoms with van der Waals surface area (Å²) in [6, 6.07) is 0.709. The highest BCUT2D eigenvalue weighted by Crippen LogP contribution is 2.14. The van der Waals surface area contributed by atoms with E-state index in [1.165, 1.54) is 51.5 Å². The third kappa shape index (κ3) is 4.40. The van der Waals surface area contributed by atoms with Crippen LogP contribution in [0.15, 0.2) is 0 Å². The zero-order chi connectivity index (χ0) is 11.1. The summed E-state index contributed by atoms with van der Waals surface area (Å²) in [6.45, 7) is 4.43. The van der Waals surface area contributed by atoms with Crippen molar-refractivity contribution in [2.45, 2.75) is 57.1 Å². The molecule has 0 aromatic carbocycles. The summed E-state index contributed by atoms with van der Waals surface area (Å²) in [5.74, 6) is 0. The van der Waals surface area contributed by atoms with E-state index in [2.05, 4.69) is 10.6 Å². The Hall–Kier alpha value is -0.120. The van der Waals surface area contributed by atoms with E-state index in [4.69, 9.17) is 4.74 Å². The van der Waals surface area contributed by atoms with Crippen LogP contribution in [0.5, 0.6) is 0 Å². The van der Waals surface area contributed by atoms with E-state index >= 15 is 0 Å². The van der Waals surface area contributed by atoms with Crippen molar-refractivity contribution in [1.82, 2.24) is 10.6 Å². The van der Waals surface area contributed by atoms with Gasteiger partial charge in [0, 0.05) is 19.2 Å². The zero-order valence-electron chi connectivity index (χ0n) is 10.3. The zero-order valence-corrected chi connectivity index (χ0v) is 10.3. The summed E-state index contributed by atoms with van der Waals surface area (Å²) in [5, 5.41) is 7.12. The number of piperidine rings is 1. The third-order valence-electron chi connectivity index (χ3n) is 3.72. The lowest BCUT2D eigenvalue weighted by Gasteiger charge is -2.25. The smallest absolute Gasteiger partial charge is 0.0587 e. The predicted octanol–water partition coefficient (Wildman–Crippen LogP) is 1.68. The molecule has 0 amide bonds. The molecular weight excluding hydrogens is 200 g/mol. The highest BCUT2D eigenvalue weighted by Gasteiger charge is 2.14. The molecule has 2 atom stereocenters. The van der Waals surface area contributed by atoms with E-state index in [0.29, 0.717) is 12.1 Å². The van der Waals surface area contributed by atoms with E-state index in [9.17, 15) is 0 Å². The molecule has 2 heterocycles. The van der Waals surface area contributed by atoms with Gasteiger partial charge in [0.2, 0.25) is 0 Å². The Morgan fingerprint density at radius 1 is 1.12 bits per heavy atom. The maximum atomic E-state index is 5.71. The molecular formula is C13H26N2O. The van der Waals surface area contributed by atoms with Crippen molar-refractivity contribution in [2.75, 3.05) is 26.2 Å². The van der Waals surface area contributed by atoms with Crippen LogP contribution in [0, 0.1) is 0 Å². The summed E-state index contributed by atoms with van der Waals surface area (Å²) in [4.78, 5) is 0. The van der Waals surface area contributed by atoms with Crippen LogP contribution < -0.4 is 10.6 Å². The van der Waals surface area contributed by atoms with Gasteiger partial charge in [-0.1, -0.05) is 6.42 Å². The van der Waals surface area contributed by atoms with Gasteiger partial charge in [0.05, 0.1) is 6.10 Å². The number of ether oxygens (including phenoxy) is 1. The molecule has 2 fully saturated rings. The van der Waals surface area contributed by atoms with Gasteiger partial charge in [0.15, 0.2) is 0 Å². The molecule has 0 spiro atoms. The first-order valence-electron chi connectivity index (χ1n) is 7.01. The maximum Gasteiger partial charge on any atom is 0.0587 e. The quantitative estimate of drug-likeness (QED) is 0.700. The maximum absolute atomic E-state index is 5.71. The summed E-state index contributed by atoms with van der Waals surface area (Å²) < 4.78 is 5.71. The lowest BCUT2D eigenvalue weighted by molar-refractivity contribution is 0.0115. The van der Waals surface area contributed by atoms with Crippen LogP contribution in [0.25, 0.3) is 0 Å². The second-order valence-corrected chi connectivity index (χ2v) is 5.13. The molecule has 2 saturated heterocycles. The van der Waals surface area contributed by atoms with Crippen molar-refractivity contribution in [2.24, 2.45) is 0 Å². The minimum atomic E-state index is 0.528. The van der Waals surface area contributed by atoms with E-state index in [-0.39, 0.29) is 0 Å². The molecule has 0 bridgehead atoms. The summed E-state index contributed by atoms with van der Waals surface area (Å²) in [7, 11) is 0. The van der Waals surface area contributed by atoms with Crippen molar-refractivity contribution >= 4 is 0 Å². The van der Waals surface area contributed by atoms with E-state index in [1.807, 2.05) is 0 Å². The second kappa shape index (κ2) is 7.25. The van der Waals surface area contributed by atoms with Crippen LogP contribution >= 0.6 is 0 Å². The lowest BCUT2D eigenvalue weighted by Crippen LogP contribution is -2.42. The Bertz CT molecular complexity index is 155. The first-order valence-corrected chi connectivity index (χ1v) is 7.01. The molecule has 3 nitrogen and oxygen atoms in total. The highest BCUT2D eigenvalue weighted by atomic mass is 16.5. The predicted molar refractivity (Wildman–Crippen MR) is 66.7 cm³/mol. The molecule has 2 aliphatic rings. The van der Waals surface area contributed by atoms with Gasteiger partial charge < -0.3 is 15.4 Å². The molecule has 94 valence electrons. The molecule has 2 rings (SSSR count). The fraction of sp³-hybridized carbons (Fsp3) is 1.00. The third-order valence-corrected chi connectivity index (χ3v) is 3.72. The van der Waals surface area contributed by atoms with E-state index < -0.39 is 0 Å². The number of rotatable bonds is 5. The van der Waals surface area contributed by atoms with Crippen molar-refractivity contribution in [3.63, 3.8) is 0 Å². The minimum absolute atomic E-state index is 0.528. The van der Waals surface area contributed by atoms with Crippen LogP contribution in [0.2, 0.25) is 0 Å². The van der Waals surface area contributed by atoms with Gasteiger partial charge >= 0.3 is 0 Å². The average molecular weight is 226 g/mol. The Kier molecular flexibility index (Phi) is 5.59. The van der Waals surface area contributed by atoms with Crippen LogP contribution in [-0.2, 0) is 4.74 Å². The lowest BCUT2D eigenvalue weighted by atomic mass is 10.0. The normalized spacial score (nSPS) is 31.5. The number of hydrogen-bond acceptors (Lipinski definition) is 3. The summed E-state index contributed by atoms with van der Waals surface area (Å²) >= 11 is 0. The monoisotopic (exact) mass is 226 g/mol. The van der Waals surface area contributed by atoms with E-state index in [0.717, 1.165) is 19.7 Å². The average Bonchev–Trinajstić information content (AvgIpc) is 2.37. The van der Waals surface area contributed by atoms with Crippen LogP contribution in [0.4, 0.5) is 0 Å². The molecule has 2 N–H and O–H groups in total. The molecule has 0 aromatic rings. The molecule has 0 saturated carbocycles. The Morgan fingerprint density at radius 2 is 2.06 bits per heavy atom. The fourth-order valence-electron chi connectivity index (χ4n) is 2.67. The van der Waals surface area contributed by atoms with Gasteiger partial charge in [-0.3, -0.25) is 0 Å². The van der Waals surface area contributed by atoms with Gasteiger partial charge in [-0.05, 0) is 51.6 Å². The molecule has 16 heavy (non-hydrogen) atoms. The fourth-order valence-corrected chi connectivity index (χ4v) is 2.67. The second-order valence-electron chi connectivity index (χ2n) is 5.13. The van der Waals surface area contributed by atoms with Crippen molar-refractivity contribution in [3.05, 3.63) is 0 Å². The Labute approximate surface area is 99.3 Å². The number of nitrogens with one attached hydrogen (secondary N) is 2. The SMILES string of the molecule is C1CCC(CNCCC2CCCCO2)NC1.